The molecule has 0 aromatic heterocycles. The molecule has 1 aliphatic rings. The van der Waals surface area contributed by atoms with Gasteiger partial charge in [0.2, 0.25) is 41.4 Å². The number of hydrogen-bond donors (Lipinski definition) is 12. The lowest BCUT2D eigenvalue weighted by atomic mass is 10.0. The van der Waals surface area contributed by atoms with Crippen LogP contribution in [0.15, 0.2) is 30.3 Å². The Labute approximate surface area is 328 Å². The quantitative estimate of drug-likeness (QED) is 0.0615. The van der Waals surface area contributed by atoms with E-state index in [9.17, 15) is 63.9 Å². The lowest BCUT2D eigenvalue weighted by molar-refractivity contribution is -0.147. The highest BCUT2D eigenvalue weighted by Gasteiger charge is 2.38. The van der Waals surface area contributed by atoms with Crippen molar-refractivity contribution in [2.75, 3.05) is 40.5 Å². The van der Waals surface area contributed by atoms with Gasteiger partial charge in [-0.25, -0.2) is 9.80 Å². The van der Waals surface area contributed by atoms with Crippen molar-refractivity contribution in [3.8, 4) is 0 Å². The van der Waals surface area contributed by atoms with Crippen molar-refractivity contribution in [1.82, 2.24) is 41.8 Å². The largest absolute Gasteiger partial charge is 0.480 e. The maximum absolute atomic E-state index is 13.7. The zero-order chi connectivity index (χ0) is 42.8. The van der Waals surface area contributed by atoms with E-state index in [1.807, 2.05) is 0 Å². The zero-order valence-corrected chi connectivity index (χ0v) is 32.1. The molecule has 13 N–H and O–H groups in total. The van der Waals surface area contributed by atoms with Crippen LogP contribution in [0.2, 0.25) is 0 Å². The van der Waals surface area contributed by atoms with Gasteiger partial charge in [0.1, 0.15) is 42.3 Å². The van der Waals surface area contributed by atoms with E-state index in [1.165, 1.54) is 7.05 Å². The second-order valence-electron chi connectivity index (χ2n) is 13.6. The number of carboxylic acid groups (broad SMARTS) is 1. The predicted molar refractivity (Wildman–Crippen MR) is 199 cm³/mol. The lowest BCUT2D eigenvalue weighted by Crippen LogP contribution is -2.62. The Hall–Kier alpha value is -5.26. The van der Waals surface area contributed by atoms with Crippen molar-refractivity contribution in [2.24, 2.45) is 5.84 Å². The van der Waals surface area contributed by atoms with Crippen molar-refractivity contribution < 1.29 is 63.9 Å². The molecule has 1 aromatic carbocycles. The van der Waals surface area contributed by atoms with Gasteiger partial charge in [0, 0.05) is 33.5 Å². The Bertz CT molecular complexity index is 1550. The van der Waals surface area contributed by atoms with Crippen molar-refractivity contribution in [3.05, 3.63) is 35.9 Å². The Kier molecular flexibility index (Phi) is 19.9. The van der Waals surface area contributed by atoms with Crippen molar-refractivity contribution in [2.45, 2.75) is 93.8 Å². The lowest BCUT2D eigenvalue weighted by Gasteiger charge is -2.34. The van der Waals surface area contributed by atoms with Gasteiger partial charge in [-0.05, 0) is 38.2 Å². The molecule has 1 aliphatic heterocycles. The minimum atomic E-state index is -1.75. The molecule has 22 heteroatoms. The van der Waals surface area contributed by atoms with Crippen LogP contribution in [0.5, 0.6) is 0 Å². The number of carbonyl (C=O) groups excluding carboxylic acids is 7. The first-order chi connectivity index (χ1) is 26.9. The van der Waals surface area contributed by atoms with Crippen LogP contribution in [0.4, 0.5) is 0 Å². The standard InChI is InChI=1S/C35H55N9O13/c1-19(48)28-33(54)42-25(17-46)30(51)38-21(29(50)41-24(16-45)31(52)40-23(35(56)57)15-20-9-5-4-6-10-20)11-7-8-14-37-27(49)13-12-22(34(55)43(28)2)39-32(53)26(18-47)44(3)36/h4-6,9-10,19,21-26,28,45-48H,7-8,11-18,36H2,1-3H3,(H,37,49)(H,38,51)(H,39,53)(H,40,52)(H,41,50)(H,42,54)(H,56,57)/t19?,21-,22-,23-,24-,25-,26-,28-/m0/s1. The number of benzene rings is 1. The molecule has 1 heterocycles. The number of aliphatic carboxylic acids is 1. The smallest absolute Gasteiger partial charge is 0.326 e. The zero-order valence-electron chi connectivity index (χ0n) is 32.1. The highest BCUT2D eigenvalue weighted by molar-refractivity contribution is 5.97. The molecular weight excluding hydrogens is 754 g/mol. The summed E-state index contributed by atoms with van der Waals surface area (Å²) in [6, 6.07) is -2.34. The van der Waals surface area contributed by atoms with Crippen LogP contribution in [0, 0.1) is 0 Å². The molecule has 0 saturated carbocycles. The number of nitrogens with two attached hydrogens (primary N) is 1. The first kappa shape index (κ1) is 47.9. The summed E-state index contributed by atoms with van der Waals surface area (Å²) in [6.07, 6.45) is -1.99. The Morgan fingerprint density at radius 2 is 1.60 bits per heavy atom. The van der Waals surface area contributed by atoms with Crippen LogP contribution in [0.1, 0.15) is 44.6 Å². The van der Waals surface area contributed by atoms with E-state index in [0.29, 0.717) is 5.56 Å². The Balaban J connectivity index is 2.34. The van der Waals surface area contributed by atoms with E-state index < -0.39 is 116 Å². The van der Waals surface area contributed by atoms with E-state index in [0.717, 1.165) is 23.9 Å². The second kappa shape index (κ2) is 23.7. The molecule has 1 aromatic rings. The summed E-state index contributed by atoms with van der Waals surface area (Å²) in [5, 5.41) is 65.2. The van der Waals surface area contributed by atoms with Crippen LogP contribution < -0.4 is 37.7 Å². The molecule has 0 radical (unpaired) electrons. The van der Waals surface area contributed by atoms with Gasteiger partial charge in [0.25, 0.3) is 0 Å². The van der Waals surface area contributed by atoms with E-state index in [-0.39, 0.29) is 45.1 Å². The molecule has 2 rings (SSSR count). The topological polar surface area (TPSA) is 342 Å². The summed E-state index contributed by atoms with van der Waals surface area (Å²) >= 11 is 0. The van der Waals surface area contributed by atoms with Gasteiger partial charge in [-0.2, -0.15) is 0 Å². The third-order valence-corrected chi connectivity index (χ3v) is 9.14. The van der Waals surface area contributed by atoms with Gasteiger partial charge in [-0.15, -0.1) is 0 Å². The monoisotopic (exact) mass is 809 g/mol. The molecule has 1 saturated heterocycles. The average molecular weight is 810 g/mol. The number of aliphatic hydroxyl groups is 4. The third kappa shape index (κ3) is 15.0. The number of rotatable bonds is 14. The minimum absolute atomic E-state index is 0.0651. The molecule has 0 bridgehead atoms. The number of likely N-dealkylation sites (N-methyl/N-ethyl adjacent to an activating group) is 2. The maximum atomic E-state index is 13.7. The number of amides is 7. The van der Waals surface area contributed by atoms with Crippen molar-refractivity contribution in [1.29, 1.82) is 0 Å². The second-order valence-corrected chi connectivity index (χ2v) is 13.6. The molecular formula is C35H55N9O13. The summed E-state index contributed by atoms with van der Waals surface area (Å²) < 4.78 is 0. The number of carbonyl (C=O) groups is 8. The molecule has 1 unspecified atom stereocenters. The fourth-order valence-electron chi connectivity index (χ4n) is 5.87. The average Bonchev–Trinajstić information content (AvgIpc) is 3.16. The molecule has 22 nitrogen and oxygen atoms in total. The van der Waals surface area contributed by atoms with E-state index >= 15 is 0 Å². The summed E-state index contributed by atoms with van der Waals surface area (Å²) in [6.45, 7) is -1.47. The van der Waals surface area contributed by atoms with Crippen molar-refractivity contribution >= 4 is 47.3 Å². The fraction of sp³-hybridized carbons (Fsp3) is 0.600. The van der Waals surface area contributed by atoms with Crippen LogP contribution in [0.3, 0.4) is 0 Å². The van der Waals surface area contributed by atoms with Crippen molar-refractivity contribution in [3.63, 3.8) is 0 Å². The van der Waals surface area contributed by atoms with Gasteiger partial charge >= 0.3 is 5.97 Å². The highest BCUT2D eigenvalue weighted by atomic mass is 16.4. The van der Waals surface area contributed by atoms with E-state index in [2.05, 4.69) is 31.9 Å². The Morgan fingerprint density at radius 1 is 0.930 bits per heavy atom. The van der Waals surface area contributed by atoms with Gasteiger partial charge in [0.15, 0.2) is 0 Å². The number of aliphatic hydroxyl groups excluding tert-OH is 4. The predicted octanol–water partition coefficient (Wildman–Crippen LogP) is -5.82. The fourth-order valence-corrected chi connectivity index (χ4v) is 5.87. The number of carboxylic acids is 1. The number of nitrogens with one attached hydrogen (secondary N) is 6. The normalized spacial score (nSPS) is 22.6. The van der Waals surface area contributed by atoms with Crippen LogP contribution >= 0.6 is 0 Å². The number of hydrazine groups is 1. The van der Waals surface area contributed by atoms with Crippen LogP contribution in [-0.2, 0) is 44.8 Å². The summed E-state index contributed by atoms with van der Waals surface area (Å²) in [4.78, 5) is 106. The summed E-state index contributed by atoms with van der Waals surface area (Å²) in [7, 11) is 2.43. The molecule has 57 heavy (non-hydrogen) atoms. The number of nitrogens with zero attached hydrogens (tertiary/aromatic N) is 2. The summed E-state index contributed by atoms with van der Waals surface area (Å²) in [5.74, 6) is -2.33. The van der Waals surface area contributed by atoms with Gasteiger partial charge in [0.05, 0.1) is 25.9 Å². The van der Waals surface area contributed by atoms with Gasteiger partial charge in [-0.1, -0.05) is 30.3 Å². The molecule has 1 fully saturated rings. The first-order valence-corrected chi connectivity index (χ1v) is 18.3. The molecule has 318 valence electrons. The van der Waals surface area contributed by atoms with E-state index in [1.54, 1.807) is 30.3 Å². The minimum Gasteiger partial charge on any atom is -0.480 e. The van der Waals surface area contributed by atoms with Crippen LogP contribution in [-0.4, -0.2) is 172 Å². The van der Waals surface area contributed by atoms with Crippen LogP contribution in [0.25, 0.3) is 0 Å². The van der Waals surface area contributed by atoms with E-state index in [4.69, 9.17) is 5.84 Å². The maximum Gasteiger partial charge on any atom is 0.326 e. The molecule has 7 amide bonds. The third-order valence-electron chi connectivity index (χ3n) is 9.14. The first-order valence-electron chi connectivity index (χ1n) is 18.3. The highest BCUT2D eigenvalue weighted by Crippen LogP contribution is 2.12. The van der Waals surface area contributed by atoms with Gasteiger partial charge in [-0.3, -0.25) is 39.4 Å². The summed E-state index contributed by atoms with van der Waals surface area (Å²) in [5.41, 5.74) is 0.593. The molecule has 0 aliphatic carbocycles. The Morgan fingerprint density at radius 3 is 2.16 bits per heavy atom. The SMILES string of the molecule is CC(O)[C@H]1C(=O)N[C@@H](CO)C(=O)N[C@H](C(=O)N[C@@H](CO)C(=O)N[C@@H](Cc2ccccc2)C(=O)O)CCCCNC(=O)CC[C@H](NC(=O)[C@H](CO)N(C)N)C(=O)N1C. The number of hydrogen-bond acceptors (Lipinski definition) is 14. The van der Waals surface area contributed by atoms with Gasteiger partial charge < -0.3 is 62.3 Å². The molecule has 8 atom stereocenters. The molecule has 0 spiro atoms.